The second kappa shape index (κ2) is 12.9. The molecule has 55 heavy (non-hydrogen) atoms. The normalized spacial score (nSPS) is 16.7. The summed E-state index contributed by atoms with van der Waals surface area (Å²) in [5.41, 5.74) is 21.7. The number of fused-ring (bicyclic) bond motifs is 13. The first kappa shape index (κ1) is 35.4. The molecular formula is C51H53N3O+2. The minimum atomic E-state index is 0.136. The van der Waals surface area contributed by atoms with Crippen molar-refractivity contribution in [3.63, 3.8) is 0 Å². The molecule has 0 saturated carbocycles. The van der Waals surface area contributed by atoms with Crippen LogP contribution in [0.3, 0.4) is 0 Å². The van der Waals surface area contributed by atoms with Crippen LogP contribution in [0.25, 0.3) is 61.5 Å². The first-order valence-electron chi connectivity index (χ1n) is 20.0. The van der Waals surface area contributed by atoms with Crippen molar-refractivity contribution in [2.24, 2.45) is 5.41 Å². The van der Waals surface area contributed by atoms with E-state index in [0.29, 0.717) is 5.71 Å². The van der Waals surface area contributed by atoms with Crippen LogP contribution in [0.4, 0.5) is 0 Å². The van der Waals surface area contributed by atoms with Gasteiger partial charge in [-0.3, -0.25) is 0 Å². The van der Waals surface area contributed by atoms with Crippen molar-refractivity contribution in [3.05, 3.63) is 142 Å². The third-order valence-electron chi connectivity index (χ3n) is 12.5. The minimum Gasteiger partial charge on any atom is -0.437 e. The number of hydrogen-bond acceptors (Lipinski definition) is 2. The average molecular weight is 724 g/mol. The summed E-state index contributed by atoms with van der Waals surface area (Å²) < 4.78 is 12.0. The quantitative estimate of drug-likeness (QED) is 0.166. The van der Waals surface area contributed by atoms with Gasteiger partial charge < -0.3 is 4.42 Å². The first-order valence-corrected chi connectivity index (χ1v) is 20.0. The highest BCUT2D eigenvalue weighted by Gasteiger charge is 2.43. The van der Waals surface area contributed by atoms with Crippen molar-refractivity contribution >= 4 is 27.8 Å². The van der Waals surface area contributed by atoms with Crippen LogP contribution in [0.5, 0.6) is 0 Å². The zero-order chi connectivity index (χ0) is 38.5. The summed E-state index contributed by atoms with van der Waals surface area (Å²) in [7, 11) is 0. The lowest BCUT2D eigenvalue weighted by molar-refractivity contribution is -0.719. The fourth-order valence-corrected chi connectivity index (χ4v) is 9.65. The smallest absolute Gasteiger partial charge is 0.227 e. The molecular weight excluding hydrogens is 671 g/mol. The summed E-state index contributed by atoms with van der Waals surface area (Å²) in [5.74, 6) is 0.279. The van der Waals surface area contributed by atoms with Gasteiger partial charge >= 0.3 is 0 Å². The van der Waals surface area contributed by atoms with Crippen molar-refractivity contribution in [2.75, 3.05) is 0 Å². The molecule has 0 saturated heterocycles. The maximum absolute atomic E-state index is 7.02. The third-order valence-corrected chi connectivity index (χ3v) is 12.5. The molecule has 9 rings (SSSR count). The van der Waals surface area contributed by atoms with Gasteiger partial charge in [-0.15, -0.1) is 0 Å². The highest BCUT2D eigenvalue weighted by molar-refractivity contribution is 6.09. The minimum absolute atomic E-state index is 0.136. The van der Waals surface area contributed by atoms with Crippen LogP contribution in [0, 0.1) is 47.0 Å². The van der Waals surface area contributed by atoms with E-state index in [4.69, 9.17) is 16.0 Å². The molecule has 276 valence electrons. The van der Waals surface area contributed by atoms with Crippen LogP contribution in [0.2, 0.25) is 0 Å². The molecule has 3 aromatic carbocycles. The Morgan fingerprint density at radius 1 is 0.764 bits per heavy atom. The van der Waals surface area contributed by atoms with E-state index in [-0.39, 0.29) is 17.4 Å². The summed E-state index contributed by atoms with van der Waals surface area (Å²) in [5, 5.41) is 2.15. The van der Waals surface area contributed by atoms with Gasteiger partial charge in [-0.2, -0.15) is 9.13 Å². The van der Waals surface area contributed by atoms with Crippen LogP contribution in [-0.2, 0) is 12.8 Å². The highest BCUT2D eigenvalue weighted by Crippen LogP contribution is 2.46. The van der Waals surface area contributed by atoms with E-state index in [9.17, 15) is 0 Å². The Labute approximate surface area is 326 Å². The lowest BCUT2D eigenvalue weighted by Gasteiger charge is -2.32. The zero-order valence-electron chi connectivity index (χ0n) is 34.0. The van der Waals surface area contributed by atoms with Crippen LogP contribution < -0.4 is 9.13 Å². The Morgan fingerprint density at radius 3 is 2.29 bits per heavy atom. The standard InChI is InChI=1S/C51H53N3O/c1-29-14-17-38-41(22-29)42-24-35(7)53-28-34(6)37(26-51(8,9)10)25-46(53)48-36(16-21-44(42)54-27-33(5)32(4)23-45(38)54)15-18-39-40-19-20-43(52-50(40)55-49(39)48)47-30(2)12-11-13-31(47)3/h11-15,17-20,22-23,25,27-28,42,44H,7,16,21,24,26H2,1-6,8-10H3/q+2. The van der Waals surface area contributed by atoms with Gasteiger partial charge in [-0.25, -0.2) is 4.98 Å². The number of allylic oxidation sites excluding steroid dienone is 1. The molecule has 6 heterocycles. The molecule has 2 unspecified atom stereocenters. The molecule has 7 aromatic rings. The number of benzene rings is 3. The van der Waals surface area contributed by atoms with Gasteiger partial charge in [0.2, 0.25) is 17.1 Å². The van der Waals surface area contributed by atoms with Crippen LogP contribution in [0.15, 0.2) is 96.2 Å². The van der Waals surface area contributed by atoms with E-state index >= 15 is 0 Å². The average Bonchev–Trinajstić information content (AvgIpc) is 3.50. The van der Waals surface area contributed by atoms with Crippen LogP contribution >= 0.6 is 0 Å². The molecule has 0 radical (unpaired) electrons. The van der Waals surface area contributed by atoms with Crippen molar-refractivity contribution in [2.45, 2.75) is 100.0 Å². The van der Waals surface area contributed by atoms with Gasteiger partial charge in [0, 0.05) is 58.0 Å². The number of aryl methyl sites for hydroxylation is 7. The summed E-state index contributed by atoms with van der Waals surface area (Å²) in [6.07, 6.45) is 8.51. The largest absolute Gasteiger partial charge is 0.437 e. The number of aromatic nitrogens is 3. The zero-order valence-corrected chi connectivity index (χ0v) is 34.0. The maximum atomic E-state index is 7.02. The Morgan fingerprint density at radius 2 is 1.53 bits per heavy atom. The van der Waals surface area contributed by atoms with Gasteiger partial charge in [0.15, 0.2) is 29.7 Å². The van der Waals surface area contributed by atoms with E-state index < -0.39 is 0 Å². The molecule has 0 fully saturated rings. The summed E-state index contributed by atoms with van der Waals surface area (Å²) in [4.78, 5) is 5.21. The van der Waals surface area contributed by atoms with E-state index in [0.717, 1.165) is 64.7 Å². The van der Waals surface area contributed by atoms with Gasteiger partial charge in [0.05, 0.1) is 17.2 Å². The molecule has 2 atom stereocenters. The predicted molar refractivity (Wildman–Crippen MR) is 226 cm³/mol. The fourth-order valence-electron chi connectivity index (χ4n) is 9.65. The summed E-state index contributed by atoms with van der Waals surface area (Å²) >= 11 is 0. The van der Waals surface area contributed by atoms with Gasteiger partial charge in [-0.1, -0.05) is 68.8 Å². The van der Waals surface area contributed by atoms with Crippen LogP contribution in [-0.4, -0.2) is 4.98 Å². The molecule has 4 heteroatoms. The van der Waals surface area contributed by atoms with Crippen molar-refractivity contribution < 1.29 is 13.6 Å². The van der Waals surface area contributed by atoms with E-state index in [1.165, 1.54) is 66.9 Å². The van der Waals surface area contributed by atoms with Crippen molar-refractivity contribution in [1.82, 2.24) is 4.98 Å². The molecule has 0 bridgehead atoms. The number of hydrogen-bond donors (Lipinski definition) is 0. The second-order valence-corrected chi connectivity index (χ2v) is 17.9. The predicted octanol–water partition coefficient (Wildman–Crippen LogP) is 12.1. The fraction of sp³-hybridized carbons (Fsp3) is 0.314. The number of pyridine rings is 3. The lowest BCUT2D eigenvalue weighted by Crippen LogP contribution is -2.49. The number of rotatable bonds is 2. The molecule has 2 aliphatic heterocycles. The lowest BCUT2D eigenvalue weighted by atomic mass is 9.76. The summed E-state index contributed by atoms with van der Waals surface area (Å²) in [6, 6.07) is 27.6. The molecule has 4 aromatic heterocycles. The SMILES string of the molecule is C=C1CC2c3cc(C)ccc3-c3cc(C)c(C)c[n+]3C2CCc2ccc3c(oc4nc(-c5c(C)cccc5C)ccc43)c2-c2cc(CC(C)(C)C)c(C)c[n+]21. The van der Waals surface area contributed by atoms with Gasteiger partial charge in [-0.05, 0) is 118 Å². The monoisotopic (exact) mass is 723 g/mol. The van der Waals surface area contributed by atoms with Crippen LogP contribution in [0.1, 0.15) is 95.6 Å². The Balaban J connectivity index is 1.30. The van der Waals surface area contributed by atoms with Crippen molar-refractivity contribution in [3.8, 4) is 33.8 Å². The Bertz CT molecular complexity index is 2720. The highest BCUT2D eigenvalue weighted by atomic mass is 16.3. The molecule has 4 nitrogen and oxygen atoms in total. The molecule has 2 aliphatic rings. The molecule has 0 amide bonds. The molecule has 0 aliphatic carbocycles. The third kappa shape index (κ3) is 5.93. The van der Waals surface area contributed by atoms with E-state index in [2.05, 4.69) is 157 Å². The summed E-state index contributed by atoms with van der Waals surface area (Å²) in [6.45, 7) is 25.2. The molecule has 0 N–H and O–H groups in total. The van der Waals surface area contributed by atoms with Gasteiger partial charge in [0.25, 0.3) is 0 Å². The topological polar surface area (TPSA) is 33.8 Å². The Hall–Kier alpha value is -5.35. The number of furan rings is 1. The Kier molecular flexibility index (Phi) is 8.27. The maximum Gasteiger partial charge on any atom is 0.227 e. The molecule has 0 spiro atoms. The number of nitrogens with zero attached hydrogens (tertiary/aromatic N) is 3. The van der Waals surface area contributed by atoms with Gasteiger partial charge in [0.1, 0.15) is 0 Å². The van der Waals surface area contributed by atoms with E-state index in [1.54, 1.807) is 0 Å². The first-order chi connectivity index (χ1) is 26.3. The van der Waals surface area contributed by atoms with Crippen molar-refractivity contribution in [1.29, 1.82) is 0 Å². The van der Waals surface area contributed by atoms with E-state index in [1.807, 2.05) is 0 Å². The second-order valence-electron chi connectivity index (χ2n) is 17.9.